The van der Waals surface area contributed by atoms with Crippen LogP contribution in [0, 0.1) is 6.92 Å². The molecule has 0 spiro atoms. The maximum absolute atomic E-state index is 5.78. The highest BCUT2D eigenvalue weighted by atomic mass is 16.4. The van der Waals surface area contributed by atoms with Gasteiger partial charge in [0.2, 0.25) is 5.89 Å². The lowest BCUT2D eigenvalue weighted by Gasteiger charge is -2.28. The van der Waals surface area contributed by atoms with Gasteiger partial charge in [0.05, 0.1) is 6.20 Å². The van der Waals surface area contributed by atoms with Crippen molar-refractivity contribution in [2.24, 2.45) is 0 Å². The molecule has 4 rings (SSSR count). The first-order chi connectivity index (χ1) is 12.1. The maximum Gasteiger partial charge on any atom is 0.247 e. The third-order valence-electron chi connectivity index (χ3n) is 4.73. The predicted molar refractivity (Wildman–Crippen MR) is 97.1 cm³/mol. The summed E-state index contributed by atoms with van der Waals surface area (Å²) in [5, 5.41) is 4.85. The third kappa shape index (κ3) is 3.12. The van der Waals surface area contributed by atoms with Crippen LogP contribution in [0.3, 0.4) is 0 Å². The van der Waals surface area contributed by atoms with Crippen molar-refractivity contribution in [3.8, 4) is 11.6 Å². The van der Waals surface area contributed by atoms with Crippen LogP contribution in [0.5, 0.6) is 0 Å². The molecule has 1 aromatic carbocycles. The van der Waals surface area contributed by atoms with Crippen LogP contribution in [-0.2, 0) is 19.5 Å². The molecule has 0 amide bonds. The van der Waals surface area contributed by atoms with Crippen LogP contribution in [0.4, 0.5) is 0 Å². The number of aryl methyl sites for hydroxylation is 1. The van der Waals surface area contributed by atoms with Crippen LogP contribution < -0.4 is 0 Å². The van der Waals surface area contributed by atoms with E-state index in [4.69, 9.17) is 9.52 Å². The first-order valence-corrected chi connectivity index (χ1v) is 8.91. The van der Waals surface area contributed by atoms with Crippen LogP contribution in [-0.4, -0.2) is 26.2 Å². The molecule has 3 aromatic rings. The molecule has 0 atom stereocenters. The fourth-order valence-electron chi connectivity index (χ4n) is 3.54. The fourth-order valence-corrected chi connectivity index (χ4v) is 3.54. The van der Waals surface area contributed by atoms with E-state index in [9.17, 15) is 0 Å². The molecule has 5 nitrogen and oxygen atoms in total. The van der Waals surface area contributed by atoms with Crippen molar-refractivity contribution in [1.29, 1.82) is 0 Å². The summed E-state index contributed by atoms with van der Waals surface area (Å²) in [6.45, 7) is 9.15. The van der Waals surface area contributed by atoms with Crippen molar-refractivity contribution in [3.05, 3.63) is 59.1 Å². The van der Waals surface area contributed by atoms with Gasteiger partial charge in [0.15, 0.2) is 5.69 Å². The van der Waals surface area contributed by atoms with Crippen LogP contribution in [0.2, 0.25) is 0 Å². The molecule has 0 N–H and O–H groups in total. The van der Waals surface area contributed by atoms with Gasteiger partial charge in [-0.25, -0.2) is 4.98 Å². The van der Waals surface area contributed by atoms with Crippen molar-refractivity contribution in [2.45, 2.75) is 46.3 Å². The predicted octanol–water partition coefficient (Wildman–Crippen LogP) is 3.99. The zero-order valence-corrected chi connectivity index (χ0v) is 15.1. The largest absolute Gasteiger partial charge is 0.440 e. The third-order valence-corrected chi connectivity index (χ3v) is 4.73. The Labute approximate surface area is 148 Å². The normalized spacial score (nSPS) is 14.9. The van der Waals surface area contributed by atoms with Crippen molar-refractivity contribution in [2.75, 3.05) is 6.54 Å². The van der Waals surface area contributed by atoms with Crippen LogP contribution in [0.15, 0.2) is 40.9 Å². The number of aromatic nitrogens is 3. The molecular formula is C20H24N4O. The van der Waals surface area contributed by atoms with Gasteiger partial charge < -0.3 is 4.42 Å². The Balaban J connectivity index is 1.67. The molecule has 1 aliphatic rings. The van der Waals surface area contributed by atoms with E-state index in [-0.39, 0.29) is 0 Å². The summed E-state index contributed by atoms with van der Waals surface area (Å²) in [4.78, 5) is 6.89. The highest BCUT2D eigenvalue weighted by Gasteiger charge is 2.28. The van der Waals surface area contributed by atoms with Gasteiger partial charge in [0, 0.05) is 43.4 Å². The second-order valence-corrected chi connectivity index (χ2v) is 7.03. The van der Waals surface area contributed by atoms with E-state index in [0.717, 1.165) is 37.5 Å². The summed E-state index contributed by atoms with van der Waals surface area (Å²) >= 11 is 0. The molecule has 5 heteroatoms. The molecule has 25 heavy (non-hydrogen) atoms. The average Bonchev–Trinajstić information content (AvgIpc) is 3.19. The fraction of sp³-hybridized carbons (Fsp3) is 0.400. The number of oxazole rings is 1. The van der Waals surface area contributed by atoms with E-state index in [1.807, 2.05) is 6.92 Å². The summed E-state index contributed by atoms with van der Waals surface area (Å²) in [6, 6.07) is 11.0. The van der Waals surface area contributed by atoms with E-state index >= 15 is 0 Å². The second-order valence-electron chi connectivity index (χ2n) is 7.03. The molecule has 2 aromatic heterocycles. The molecule has 0 bridgehead atoms. The second kappa shape index (κ2) is 6.48. The van der Waals surface area contributed by atoms with Gasteiger partial charge in [-0.15, -0.1) is 0 Å². The van der Waals surface area contributed by atoms with Gasteiger partial charge in [-0.3, -0.25) is 9.58 Å². The number of fused-ring (bicyclic) bond motifs is 1. The van der Waals surface area contributed by atoms with Crippen LogP contribution in [0.25, 0.3) is 11.6 Å². The Morgan fingerprint density at radius 3 is 2.68 bits per heavy atom. The van der Waals surface area contributed by atoms with Crippen molar-refractivity contribution >= 4 is 0 Å². The number of hydrogen-bond acceptors (Lipinski definition) is 4. The molecule has 130 valence electrons. The van der Waals surface area contributed by atoms with Gasteiger partial charge >= 0.3 is 0 Å². The van der Waals surface area contributed by atoms with Gasteiger partial charge in [0.25, 0.3) is 0 Å². The highest BCUT2D eigenvalue weighted by molar-refractivity contribution is 5.55. The Kier molecular flexibility index (Phi) is 4.17. The lowest BCUT2D eigenvalue weighted by atomic mass is 10.0. The Bertz CT molecular complexity index is 863. The lowest BCUT2D eigenvalue weighted by Crippen LogP contribution is -2.31. The van der Waals surface area contributed by atoms with E-state index in [1.165, 1.54) is 16.8 Å². The highest BCUT2D eigenvalue weighted by Crippen LogP contribution is 2.31. The molecule has 0 saturated carbocycles. The molecular weight excluding hydrogens is 312 g/mol. The molecule has 1 aliphatic heterocycles. The minimum atomic E-state index is 0.333. The van der Waals surface area contributed by atoms with Crippen LogP contribution in [0.1, 0.15) is 42.5 Å². The van der Waals surface area contributed by atoms with E-state index in [0.29, 0.717) is 11.9 Å². The minimum absolute atomic E-state index is 0.333. The Morgan fingerprint density at radius 1 is 1.20 bits per heavy atom. The smallest absolute Gasteiger partial charge is 0.247 e. The van der Waals surface area contributed by atoms with Gasteiger partial charge in [-0.2, -0.15) is 5.10 Å². The van der Waals surface area contributed by atoms with Crippen molar-refractivity contribution in [3.63, 3.8) is 0 Å². The SMILES string of the molecule is Cc1cnc(-c2nn(C(C)C)c3c2CN(Cc2ccccc2)CC3)o1. The molecule has 0 fully saturated rings. The number of nitrogens with zero attached hydrogens (tertiary/aromatic N) is 4. The van der Waals surface area contributed by atoms with E-state index in [1.54, 1.807) is 6.20 Å². The van der Waals surface area contributed by atoms with Crippen molar-refractivity contribution in [1.82, 2.24) is 19.7 Å². The molecule has 0 radical (unpaired) electrons. The Morgan fingerprint density at radius 2 is 2.00 bits per heavy atom. The molecule has 3 heterocycles. The summed E-state index contributed by atoms with van der Waals surface area (Å²) in [5.74, 6) is 1.45. The first kappa shape index (κ1) is 16.1. The van der Waals surface area contributed by atoms with Gasteiger partial charge in [-0.1, -0.05) is 30.3 Å². The maximum atomic E-state index is 5.78. The standard InChI is InChI=1S/C20H24N4O/c1-14(2)24-18-9-10-23(12-16-7-5-4-6-8-16)13-17(18)19(22-24)20-21-11-15(3)25-20/h4-8,11,14H,9-10,12-13H2,1-3H3. The molecule has 0 unspecified atom stereocenters. The van der Waals surface area contributed by atoms with Crippen LogP contribution >= 0.6 is 0 Å². The summed E-state index contributed by atoms with van der Waals surface area (Å²) in [7, 11) is 0. The van der Waals surface area contributed by atoms with E-state index in [2.05, 4.69) is 58.7 Å². The number of rotatable bonds is 4. The van der Waals surface area contributed by atoms with Gasteiger partial charge in [0.1, 0.15) is 5.76 Å². The Hall–Kier alpha value is -2.40. The number of hydrogen-bond donors (Lipinski definition) is 0. The van der Waals surface area contributed by atoms with E-state index < -0.39 is 0 Å². The first-order valence-electron chi connectivity index (χ1n) is 8.91. The molecule has 0 saturated heterocycles. The quantitative estimate of drug-likeness (QED) is 0.723. The summed E-state index contributed by atoms with van der Waals surface area (Å²) < 4.78 is 7.92. The zero-order valence-electron chi connectivity index (χ0n) is 15.1. The summed E-state index contributed by atoms with van der Waals surface area (Å²) in [5.41, 5.74) is 4.83. The van der Waals surface area contributed by atoms with Crippen molar-refractivity contribution < 1.29 is 4.42 Å². The average molecular weight is 336 g/mol. The lowest BCUT2D eigenvalue weighted by molar-refractivity contribution is 0.241. The number of benzene rings is 1. The monoisotopic (exact) mass is 336 g/mol. The minimum Gasteiger partial charge on any atom is -0.440 e. The molecule has 0 aliphatic carbocycles. The topological polar surface area (TPSA) is 47.1 Å². The summed E-state index contributed by atoms with van der Waals surface area (Å²) in [6.07, 6.45) is 2.77. The zero-order chi connectivity index (χ0) is 17.4. The van der Waals surface area contributed by atoms with Gasteiger partial charge in [-0.05, 0) is 26.3 Å².